The Morgan fingerprint density at radius 1 is 0.947 bits per heavy atom. The zero-order chi connectivity index (χ0) is 13.2. The van der Waals surface area contributed by atoms with E-state index in [0.717, 1.165) is 0 Å². The van der Waals surface area contributed by atoms with Gasteiger partial charge in [-0.25, -0.2) is 4.99 Å². The number of phenolic OH excluding ortho intramolecular Hbond substituents is 1. The van der Waals surface area contributed by atoms with Crippen LogP contribution in [0.2, 0.25) is 0 Å². The summed E-state index contributed by atoms with van der Waals surface area (Å²) in [6, 6.07) is 13.4. The summed E-state index contributed by atoms with van der Waals surface area (Å²) in [5.41, 5.74) is 0.797. The third-order valence-corrected chi connectivity index (χ3v) is 2.70. The van der Waals surface area contributed by atoms with Crippen LogP contribution < -0.4 is 10.6 Å². The minimum absolute atomic E-state index is 0.156. The van der Waals surface area contributed by atoms with Crippen molar-refractivity contribution in [1.29, 1.82) is 0 Å². The molecule has 2 aromatic carbocycles. The molecule has 0 aromatic heterocycles. The average Bonchev–Trinajstić information content (AvgIpc) is 2.74. The number of amides is 1. The number of phenols is 1. The van der Waals surface area contributed by atoms with E-state index in [2.05, 4.69) is 15.2 Å². The molecule has 5 nitrogen and oxygen atoms in total. The van der Waals surface area contributed by atoms with Gasteiger partial charge in [0.25, 0.3) is 5.91 Å². The minimum Gasteiger partial charge on any atom is -0.508 e. The van der Waals surface area contributed by atoms with Crippen LogP contribution in [0.1, 0.15) is 0 Å². The highest BCUT2D eigenvalue weighted by atomic mass is 16.3. The smallest absolute Gasteiger partial charge is 0.298 e. The van der Waals surface area contributed by atoms with Crippen molar-refractivity contribution in [3.8, 4) is 5.75 Å². The second-order valence-corrected chi connectivity index (χ2v) is 4.00. The van der Waals surface area contributed by atoms with Crippen LogP contribution >= 0.6 is 0 Å². The molecule has 0 bridgehead atoms. The molecule has 1 amide bonds. The average molecular weight is 251 g/mol. The Hall–Kier alpha value is -2.82. The van der Waals surface area contributed by atoms with E-state index in [4.69, 9.17) is 5.11 Å². The molecular weight excluding hydrogens is 242 g/mol. The first-order chi connectivity index (χ1) is 9.24. The van der Waals surface area contributed by atoms with Crippen LogP contribution in [0.3, 0.4) is 0 Å². The van der Waals surface area contributed by atoms with E-state index in [1.165, 1.54) is 12.1 Å². The molecule has 0 spiro atoms. The number of carbonyl (C=O) groups excluding carboxylic acids is 1. The summed E-state index contributed by atoms with van der Waals surface area (Å²) in [5.74, 6) is -0.229. The van der Waals surface area contributed by atoms with Crippen LogP contribution in [0.5, 0.6) is 5.75 Å². The van der Waals surface area contributed by atoms with Gasteiger partial charge in [0.15, 0.2) is 5.70 Å². The SMILES string of the molecule is O=C1N=c2ccccc2=C1N=Nc1ccc(O)cc1. The molecule has 1 aliphatic heterocycles. The number of nitrogens with zero attached hydrogens (tertiary/aromatic N) is 3. The lowest BCUT2D eigenvalue weighted by molar-refractivity contribution is -0.112. The highest BCUT2D eigenvalue weighted by Crippen LogP contribution is 2.18. The van der Waals surface area contributed by atoms with E-state index in [-0.39, 0.29) is 17.4 Å². The molecule has 5 heteroatoms. The Kier molecular flexibility index (Phi) is 2.64. The normalized spacial score (nSPS) is 13.7. The quantitative estimate of drug-likeness (QED) is 0.820. The number of benzene rings is 2. The van der Waals surface area contributed by atoms with Crippen molar-refractivity contribution in [3.63, 3.8) is 0 Å². The number of carbonyl (C=O) groups is 1. The lowest BCUT2D eigenvalue weighted by Crippen LogP contribution is -2.21. The molecular formula is C14H9N3O2. The Bertz CT molecular complexity index is 792. The summed E-state index contributed by atoms with van der Waals surface area (Å²) in [7, 11) is 0. The first-order valence-electron chi connectivity index (χ1n) is 5.67. The second-order valence-electron chi connectivity index (χ2n) is 4.00. The third kappa shape index (κ3) is 2.13. The number of aromatic hydroxyl groups is 1. The van der Waals surface area contributed by atoms with Gasteiger partial charge in [0.1, 0.15) is 5.75 Å². The van der Waals surface area contributed by atoms with Crippen molar-refractivity contribution in [1.82, 2.24) is 0 Å². The van der Waals surface area contributed by atoms with Crippen LogP contribution in [-0.4, -0.2) is 11.0 Å². The third-order valence-electron chi connectivity index (χ3n) is 2.70. The van der Waals surface area contributed by atoms with Crippen molar-refractivity contribution in [2.75, 3.05) is 0 Å². The van der Waals surface area contributed by atoms with Gasteiger partial charge in [0.05, 0.1) is 11.0 Å². The lowest BCUT2D eigenvalue weighted by atomic mass is 10.2. The molecule has 1 N–H and O–H groups in total. The fourth-order valence-corrected chi connectivity index (χ4v) is 1.77. The molecule has 0 atom stereocenters. The molecule has 19 heavy (non-hydrogen) atoms. The van der Waals surface area contributed by atoms with Gasteiger partial charge >= 0.3 is 0 Å². The van der Waals surface area contributed by atoms with Gasteiger partial charge in [-0.05, 0) is 30.3 Å². The van der Waals surface area contributed by atoms with E-state index < -0.39 is 0 Å². The number of para-hydroxylation sites is 1. The predicted octanol–water partition coefficient (Wildman–Crippen LogP) is 1.44. The zero-order valence-electron chi connectivity index (χ0n) is 9.82. The maximum Gasteiger partial charge on any atom is 0.298 e. The van der Waals surface area contributed by atoms with E-state index in [1.807, 2.05) is 12.1 Å². The van der Waals surface area contributed by atoms with E-state index in [1.54, 1.807) is 24.3 Å². The Labute approximate surface area is 108 Å². The number of hydrogen-bond acceptors (Lipinski definition) is 4. The van der Waals surface area contributed by atoms with Crippen molar-refractivity contribution in [2.45, 2.75) is 0 Å². The topological polar surface area (TPSA) is 74.4 Å². The van der Waals surface area contributed by atoms with Gasteiger partial charge < -0.3 is 5.11 Å². The van der Waals surface area contributed by atoms with Gasteiger partial charge in [-0.2, -0.15) is 5.11 Å². The molecule has 0 saturated heterocycles. The molecule has 1 aliphatic rings. The molecule has 3 rings (SSSR count). The number of rotatable bonds is 2. The predicted molar refractivity (Wildman–Crippen MR) is 68.3 cm³/mol. The summed E-state index contributed by atoms with van der Waals surface area (Å²) in [6.45, 7) is 0. The van der Waals surface area contributed by atoms with Crippen LogP contribution in [0, 0.1) is 0 Å². The largest absolute Gasteiger partial charge is 0.508 e. The van der Waals surface area contributed by atoms with E-state index in [0.29, 0.717) is 16.3 Å². The first kappa shape index (κ1) is 11.3. The molecule has 2 aromatic rings. The van der Waals surface area contributed by atoms with Crippen molar-refractivity contribution < 1.29 is 9.90 Å². The maximum absolute atomic E-state index is 11.7. The molecule has 0 aliphatic carbocycles. The molecule has 0 saturated carbocycles. The zero-order valence-corrected chi connectivity index (χ0v) is 9.82. The summed E-state index contributed by atoms with van der Waals surface area (Å²) in [6.07, 6.45) is 0. The van der Waals surface area contributed by atoms with E-state index >= 15 is 0 Å². The van der Waals surface area contributed by atoms with Gasteiger partial charge in [-0.1, -0.05) is 18.2 Å². The fourth-order valence-electron chi connectivity index (χ4n) is 1.77. The maximum atomic E-state index is 11.7. The van der Waals surface area contributed by atoms with Crippen LogP contribution in [0.4, 0.5) is 5.69 Å². The highest BCUT2D eigenvalue weighted by Gasteiger charge is 2.15. The van der Waals surface area contributed by atoms with Gasteiger partial charge in [0, 0.05) is 5.22 Å². The molecule has 0 radical (unpaired) electrons. The van der Waals surface area contributed by atoms with Crippen LogP contribution in [0.15, 0.2) is 63.8 Å². The van der Waals surface area contributed by atoms with Gasteiger partial charge in [-0.15, -0.1) is 5.11 Å². The van der Waals surface area contributed by atoms with Gasteiger partial charge in [0.2, 0.25) is 0 Å². The summed E-state index contributed by atoms with van der Waals surface area (Å²) < 4.78 is 0. The van der Waals surface area contributed by atoms with Crippen molar-refractivity contribution >= 4 is 17.3 Å². The van der Waals surface area contributed by atoms with Gasteiger partial charge in [-0.3, -0.25) is 4.79 Å². The standard InChI is InChI=1S/C14H9N3O2/c18-10-7-5-9(6-8-10)16-17-13-11-3-1-2-4-12(11)15-14(13)19/h1-8,18H. The van der Waals surface area contributed by atoms with Crippen LogP contribution in [0.25, 0.3) is 5.70 Å². The van der Waals surface area contributed by atoms with Crippen molar-refractivity contribution in [3.05, 3.63) is 59.1 Å². The summed E-state index contributed by atoms with van der Waals surface area (Å²) >= 11 is 0. The first-order valence-corrected chi connectivity index (χ1v) is 5.67. The Balaban J connectivity index is 2.03. The molecule has 0 fully saturated rings. The fraction of sp³-hybridized carbons (Fsp3) is 0. The van der Waals surface area contributed by atoms with Crippen molar-refractivity contribution in [2.24, 2.45) is 15.2 Å². The number of fused-ring (bicyclic) bond motifs is 1. The number of hydrogen-bond donors (Lipinski definition) is 1. The highest BCUT2D eigenvalue weighted by molar-refractivity contribution is 6.14. The monoisotopic (exact) mass is 251 g/mol. The van der Waals surface area contributed by atoms with E-state index in [9.17, 15) is 4.79 Å². The Morgan fingerprint density at radius 3 is 2.47 bits per heavy atom. The summed E-state index contributed by atoms with van der Waals surface area (Å²) in [4.78, 5) is 15.6. The number of azo groups is 1. The summed E-state index contributed by atoms with van der Waals surface area (Å²) in [5, 5.41) is 18.4. The van der Waals surface area contributed by atoms with Crippen LogP contribution in [-0.2, 0) is 4.79 Å². The second kappa shape index (κ2) is 4.45. The molecule has 1 heterocycles. The molecule has 0 unspecified atom stereocenters. The lowest BCUT2D eigenvalue weighted by Gasteiger charge is -1.93. The Morgan fingerprint density at radius 2 is 1.68 bits per heavy atom. The molecule has 92 valence electrons. The minimum atomic E-state index is -0.385.